The molecule has 0 saturated heterocycles. The van der Waals surface area contributed by atoms with Crippen LogP contribution in [0.15, 0.2) is 0 Å². The Kier molecular flexibility index (Phi) is 15.9. The second-order valence-electron chi connectivity index (χ2n) is 8.42. The van der Waals surface area contributed by atoms with Crippen LogP contribution in [0.2, 0.25) is 18.1 Å². The van der Waals surface area contributed by atoms with E-state index in [0.717, 1.165) is 13.1 Å². The van der Waals surface area contributed by atoms with Crippen LogP contribution in [-0.4, -0.2) is 51.4 Å². The second kappa shape index (κ2) is 12.9. The molecule has 0 bridgehead atoms. The Morgan fingerprint density at radius 1 is 0.783 bits per heavy atom. The van der Waals surface area contributed by atoms with Crippen molar-refractivity contribution in [3.8, 4) is 0 Å². The van der Waals surface area contributed by atoms with E-state index in [-0.39, 0.29) is 27.9 Å². The van der Waals surface area contributed by atoms with Crippen LogP contribution in [0, 0.1) is 0 Å². The minimum atomic E-state index is -1.19. The van der Waals surface area contributed by atoms with Crippen molar-refractivity contribution in [2.24, 2.45) is 0 Å². The topological polar surface area (TPSA) is 31.4 Å². The van der Waals surface area contributed by atoms with Crippen molar-refractivity contribution in [3.05, 3.63) is 10.3 Å². The van der Waals surface area contributed by atoms with Gasteiger partial charge in [-0.3, -0.25) is 0 Å². The minimum Gasteiger partial charge on any atom is -0.663 e. The molecule has 0 aliphatic heterocycles. The van der Waals surface area contributed by atoms with Gasteiger partial charge in [-0.25, -0.2) is 0 Å². The van der Waals surface area contributed by atoms with Crippen LogP contribution >= 0.6 is 0 Å². The third-order valence-electron chi connectivity index (χ3n) is 3.64. The van der Waals surface area contributed by atoms with Gasteiger partial charge < -0.3 is 15.2 Å². The molecule has 0 amide bonds. The number of likely N-dealkylation sites (N-methyl/N-ethyl adjacent to an activating group) is 1. The molecule has 0 N–H and O–H groups in total. The van der Waals surface area contributed by atoms with Crippen molar-refractivity contribution in [2.75, 3.05) is 27.2 Å². The van der Waals surface area contributed by atoms with Crippen LogP contribution in [0.3, 0.4) is 0 Å². The molecule has 0 rings (SSSR count). The summed E-state index contributed by atoms with van der Waals surface area (Å²) < 4.78 is 0. The quantitative estimate of drug-likeness (QED) is 0.501. The fraction of sp³-hybridized carbons (Fsp3) is 1.00. The van der Waals surface area contributed by atoms with E-state index in [1.807, 2.05) is 0 Å². The molecular weight excluding hydrogens is 345 g/mol. The summed E-state index contributed by atoms with van der Waals surface area (Å²) in [5.74, 6) is 0. The van der Waals surface area contributed by atoms with Crippen molar-refractivity contribution >= 4 is 8.24 Å². The summed E-state index contributed by atoms with van der Waals surface area (Å²) in [6.45, 7) is 21.8. The van der Waals surface area contributed by atoms with Crippen LogP contribution in [0.5, 0.6) is 0 Å². The number of nitrogens with zero attached hydrogens (tertiary/aromatic N) is 3. The summed E-state index contributed by atoms with van der Waals surface area (Å²) in [5, 5.41) is 4.54. The molecule has 3 nitrogen and oxygen atoms in total. The first-order chi connectivity index (χ1) is 9.81. The first kappa shape index (κ1) is 28.4. The molecule has 0 aliphatic rings. The van der Waals surface area contributed by atoms with Gasteiger partial charge in [0, 0.05) is 0 Å². The fourth-order valence-corrected chi connectivity index (χ4v) is 5.32. The molecule has 23 heavy (non-hydrogen) atoms. The molecule has 0 atom stereocenters. The van der Waals surface area contributed by atoms with E-state index in [9.17, 15) is 0 Å². The van der Waals surface area contributed by atoms with Gasteiger partial charge in [0.2, 0.25) is 0 Å². The van der Waals surface area contributed by atoms with Gasteiger partial charge in [-0.05, 0) is 20.6 Å². The van der Waals surface area contributed by atoms with Crippen LogP contribution in [0.25, 0.3) is 10.3 Å². The Balaban J connectivity index is -0.000000354. The largest absolute Gasteiger partial charge is 3.00 e. The summed E-state index contributed by atoms with van der Waals surface area (Å²) in [6.07, 6.45) is 0. The maximum absolute atomic E-state index is 4.95. The molecule has 0 aromatic rings. The zero-order valence-electron chi connectivity index (χ0n) is 17.7. The Hall–Kier alpha value is 0.603. The summed E-state index contributed by atoms with van der Waals surface area (Å²) >= 11 is 0. The maximum Gasteiger partial charge on any atom is 3.00 e. The van der Waals surface area contributed by atoms with E-state index < -0.39 is 8.24 Å². The van der Waals surface area contributed by atoms with Crippen LogP contribution in [-0.2, 0) is 16.8 Å². The smallest absolute Gasteiger partial charge is 0.663 e. The van der Waals surface area contributed by atoms with Crippen LogP contribution in [0.1, 0.15) is 62.3 Å². The molecule has 0 spiro atoms. The molecule has 0 aromatic heterocycles. The third-order valence-corrected chi connectivity index (χ3v) is 8.48. The van der Waals surface area contributed by atoms with Crippen molar-refractivity contribution in [1.82, 2.24) is 4.90 Å². The zero-order chi connectivity index (χ0) is 18.0. The summed E-state index contributed by atoms with van der Waals surface area (Å²) in [5.41, 5.74) is 0.219. The van der Waals surface area contributed by atoms with Gasteiger partial charge >= 0.3 is 16.8 Å². The first-order valence-corrected chi connectivity index (χ1v) is 11.4. The molecule has 0 saturated carbocycles. The molecule has 0 aliphatic carbocycles. The average molecular weight is 389 g/mol. The van der Waals surface area contributed by atoms with E-state index >= 15 is 0 Å². The molecule has 0 fully saturated rings. The first-order valence-electron chi connectivity index (χ1n) is 8.88. The molecule has 5 heteroatoms. The molecular formula is C18H43CoN3Si+. The fourth-order valence-electron chi connectivity index (χ4n) is 2.58. The van der Waals surface area contributed by atoms with E-state index in [1.54, 1.807) is 0 Å². The Bertz CT molecular complexity index is 246. The summed E-state index contributed by atoms with van der Waals surface area (Å²) in [4.78, 5) is 7.16. The van der Waals surface area contributed by atoms with Gasteiger partial charge in [0.1, 0.15) is 0 Å². The SMILES string of the molecule is CC(C)(C)[N-]C(C)(C)C.CC[Si](CC)(CC)[N-]CCN(C)C.[Co+3]. The predicted octanol–water partition coefficient (Wildman–Crippen LogP) is 5.88. The predicted molar refractivity (Wildman–Crippen MR) is 107 cm³/mol. The van der Waals surface area contributed by atoms with Gasteiger partial charge in [-0.15, -0.1) is 17.6 Å². The number of rotatable bonds is 7. The minimum absolute atomic E-state index is 0. The van der Waals surface area contributed by atoms with Crippen molar-refractivity contribution in [2.45, 2.75) is 91.5 Å². The monoisotopic (exact) mass is 388 g/mol. The van der Waals surface area contributed by atoms with Gasteiger partial charge in [-0.2, -0.15) is 0 Å². The average Bonchev–Trinajstić information content (AvgIpc) is 2.31. The summed E-state index contributed by atoms with van der Waals surface area (Å²) in [7, 11) is 3.04. The molecule has 0 aromatic carbocycles. The Morgan fingerprint density at radius 3 is 1.30 bits per heavy atom. The van der Waals surface area contributed by atoms with E-state index in [4.69, 9.17) is 4.98 Å². The van der Waals surface area contributed by atoms with Crippen molar-refractivity contribution in [1.29, 1.82) is 0 Å². The molecule has 0 unspecified atom stereocenters. The second-order valence-corrected chi connectivity index (χ2v) is 13.3. The van der Waals surface area contributed by atoms with Crippen molar-refractivity contribution in [3.63, 3.8) is 0 Å². The molecule has 0 radical (unpaired) electrons. The maximum atomic E-state index is 4.95. The van der Waals surface area contributed by atoms with Gasteiger partial charge in [0.15, 0.2) is 0 Å². The zero-order valence-corrected chi connectivity index (χ0v) is 19.8. The number of hydrogen-bond donors (Lipinski definition) is 0. The molecule has 142 valence electrons. The Labute approximate surface area is 159 Å². The number of hydrogen-bond acceptors (Lipinski definition) is 1. The van der Waals surface area contributed by atoms with Crippen LogP contribution in [0.4, 0.5) is 0 Å². The van der Waals surface area contributed by atoms with E-state index in [0.29, 0.717) is 0 Å². The van der Waals surface area contributed by atoms with E-state index in [2.05, 4.69) is 86.6 Å². The third kappa shape index (κ3) is 18.8. The molecule has 0 heterocycles. The van der Waals surface area contributed by atoms with Gasteiger partial charge in [0.05, 0.1) is 0 Å². The van der Waals surface area contributed by atoms with E-state index in [1.165, 1.54) is 18.1 Å². The standard InChI is InChI=1S/C10H25N2Si.C8H18N.Co/c1-6-13(7-2,8-3)11-9-10-12(4)5;1-7(2,3)9-8(4,5)6;/h6-10H2,1-5H3;1-6H3;/q2*-1;+3. The van der Waals surface area contributed by atoms with Gasteiger partial charge in [-0.1, -0.05) is 88.7 Å². The summed E-state index contributed by atoms with van der Waals surface area (Å²) in [6, 6.07) is 3.94. The van der Waals surface area contributed by atoms with Crippen LogP contribution < -0.4 is 0 Å². The van der Waals surface area contributed by atoms with Crippen molar-refractivity contribution < 1.29 is 16.8 Å². The normalized spacial score (nSPS) is 12.5. The van der Waals surface area contributed by atoms with Gasteiger partial charge in [0.25, 0.3) is 0 Å². The Morgan fingerprint density at radius 2 is 1.13 bits per heavy atom.